The molecule has 0 heterocycles. The second kappa shape index (κ2) is 4.72. The lowest BCUT2D eigenvalue weighted by atomic mass is 10.1. The van der Waals surface area contributed by atoms with Gasteiger partial charge in [-0.25, -0.2) is 4.39 Å². The Labute approximate surface area is 84.9 Å². The lowest BCUT2D eigenvalue weighted by Gasteiger charge is -2.00. The first-order chi connectivity index (χ1) is 6.61. The van der Waals surface area contributed by atoms with Gasteiger partial charge in [-0.05, 0) is 23.8 Å². The molecule has 0 atom stereocenters. The molecule has 0 aromatic heterocycles. The van der Waals surface area contributed by atoms with Gasteiger partial charge >= 0.3 is 0 Å². The van der Waals surface area contributed by atoms with E-state index in [0.29, 0.717) is 5.56 Å². The molecule has 0 radical (unpaired) electrons. The van der Waals surface area contributed by atoms with E-state index >= 15 is 0 Å². The lowest BCUT2D eigenvalue weighted by Crippen LogP contribution is -2.23. The van der Waals surface area contributed by atoms with Crippen molar-refractivity contribution in [3.63, 3.8) is 0 Å². The molecule has 74 valence electrons. The summed E-state index contributed by atoms with van der Waals surface area (Å²) in [6, 6.07) is 3.80. The zero-order valence-corrected chi connectivity index (χ0v) is 7.84. The number of rotatable bonds is 3. The van der Waals surface area contributed by atoms with Crippen LogP contribution in [0.5, 0.6) is 0 Å². The number of hydrogen-bond acceptors (Lipinski definition) is 2. The second-order valence-electron chi connectivity index (χ2n) is 2.64. The molecule has 0 aliphatic rings. The second-order valence-corrected chi connectivity index (χ2v) is 3.08. The summed E-state index contributed by atoms with van der Waals surface area (Å²) in [4.78, 5) is 20.8. The highest BCUT2D eigenvalue weighted by molar-refractivity contribution is 6.30. The molecule has 0 aliphatic carbocycles. The topological polar surface area (TPSA) is 46.2 Å². The van der Waals surface area contributed by atoms with Gasteiger partial charge in [-0.2, -0.15) is 0 Å². The average molecular weight is 216 g/mol. The molecule has 1 rings (SSSR count). The van der Waals surface area contributed by atoms with Crippen LogP contribution in [-0.2, 0) is 16.0 Å². The molecule has 1 N–H and O–H groups in total. The molecule has 0 unspecified atom stereocenters. The highest BCUT2D eigenvalue weighted by Gasteiger charge is 2.04. The molecule has 3 nitrogen and oxygen atoms in total. The zero-order valence-electron chi connectivity index (χ0n) is 7.09. The Kier molecular flexibility index (Phi) is 3.59. The van der Waals surface area contributed by atoms with Crippen molar-refractivity contribution in [2.45, 2.75) is 6.42 Å². The molecule has 14 heavy (non-hydrogen) atoms. The Hall–Kier alpha value is -1.42. The zero-order chi connectivity index (χ0) is 10.6. The fourth-order valence-electron chi connectivity index (χ4n) is 1.02. The van der Waals surface area contributed by atoms with E-state index in [0.717, 1.165) is 6.07 Å². The summed E-state index contributed by atoms with van der Waals surface area (Å²) in [6.07, 6.45) is 0.208. The van der Waals surface area contributed by atoms with Gasteiger partial charge in [-0.3, -0.25) is 14.9 Å². The minimum atomic E-state index is -0.508. The van der Waals surface area contributed by atoms with Crippen molar-refractivity contribution in [3.8, 4) is 0 Å². The third-order valence-electron chi connectivity index (χ3n) is 1.51. The molecule has 1 aromatic rings. The van der Waals surface area contributed by atoms with Gasteiger partial charge in [0.1, 0.15) is 5.82 Å². The fourth-order valence-corrected chi connectivity index (χ4v) is 1.26. The van der Waals surface area contributed by atoms with Crippen LogP contribution in [-0.4, -0.2) is 12.3 Å². The van der Waals surface area contributed by atoms with Gasteiger partial charge in [0.05, 0.1) is 6.42 Å². The van der Waals surface area contributed by atoms with E-state index in [1.54, 1.807) is 0 Å². The Morgan fingerprint density at radius 1 is 1.50 bits per heavy atom. The van der Waals surface area contributed by atoms with Crippen LogP contribution in [0.1, 0.15) is 5.56 Å². The first-order valence-corrected chi connectivity index (χ1v) is 4.17. The first kappa shape index (κ1) is 10.7. The summed E-state index contributed by atoms with van der Waals surface area (Å²) in [5.41, 5.74) is 0.425. The summed E-state index contributed by atoms with van der Waals surface area (Å²) < 4.78 is 12.8. The lowest BCUT2D eigenvalue weighted by molar-refractivity contribution is -0.124. The molecule has 0 aliphatic heterocycles. The average Bonchev–Trinajstić information content (AvgIpc) is 2.01. The van der Waals surface area contributed by atoms with Gasteiger partial charge in [0.25, 0.3) is 0 Å². The van der Waals surface area contributed by atoms with Gasteiger partial charge in [0.2, 0.25) is 12.3 Å². The van der Waals surface area contributed by atoms with Crippen LogP contribution in [0.25, 0.3) is 0 Å². The van der Waals surface area contributed by atoms with Crippen molar-refractivity contribution < 1.29 is 14.0 Å². The first-order valence-electron chi connectivity index (χ1n) is 3.80. The molecule has 2 amide bonds. The molecule has 0 spiro atoms. The molecule has 0 saturated heterocycles. The highest BCUT2D eigenvalue weighted by Crippen LogP contribution is 2.14. The van der Waals surface area contributed by atoms with Gasteiger partial charge in [-0.15, -0.1) is 0 Å². The number of carbonyl (C=O) groups excluding carboxylic acids is 2. The number of imide groups is 1. The number of carbonyl (C=O) groups is 2. The van der Waals surface area contributed by atoms with Crippen molar-refractivity contribution in [3.05, 3.63) is 34.6 Å². The molecule has 0 fully saturated rings. The molecular formula is C9H7ClFNO2. The predicted molar refractivity (Wildman–Crippen MR) is 49.3 cm³/mol. The monoisotopic (exact) mass is 215 g/mol. The Balaban J connectivity index is 2.76. The summed E-state index contributed by atoms with van der Waals surface area (Å²) in [6.45, 7) is 0. The molecular weight excluding hydrogens is 209 g/mol. The van der Waals surface area contributed by atoms with Gasteiger partial charge in [-0.1, -0.05) is 11.6 Å². The number of hydrogen-bond donors (Lipinski definition) is 1. The van der Waals surface area contributed by atoms with Crippen molar-refractivity contribution in [1.82, 2.24) is 5.32 Å². The summed E-state index contributed by atoms with van der Waals surface area (Å²) in [5, 5.41) is 2.17. The van der Waals surface area contributed by atoms with Crippen LogP contribution in [0.15, 0.2) is 18.2 Å². The predicted octanol–water partition coefficient (Wildman–Crippen LogP) is 1.29. The van der Waals surface area contributed by atoms with E-state index in [2.05, 4.69) is 0 Å². The number of nitrogens with one attached hydrogen (secondary N) is 1. The van der Waals surface area contributed by atoms with Crippen molar-refractivity contribution in [2.24, 2.45) is 0 Å². The Morgan fingerprint density at radius 2 is 2.21 bits per heavy atom. The third-order valence-corrected chi connectivity index (χ3v) is 1.73. The minimum absolute atomic E-state index is 0.0732. The smallest absolute Gasteiger partial charge is 0.230 e. The van der Waals surface area contributed by atoms with E-state index < -0.39 is 11.7 Å². The van der Waals surface area contributed by atoms with E-state index in [9.17, 15) is 14.0 Å². The van der Waals surface area contributed by atoms with Crippen molar-refractivity contribution >= 4 is 23.9 Å². The van der Waals surface area contributed by atoms with Crippen LogP contribution in [0.2, 0.25) is 5.02 Å². The summed E-state index contributed by atoms with van der Waals surface area (Å²) >= 11 is 5.57. The minimum Gasteiger partial charge on any atom is -0.299 e. The van der Waals surface area contributed by atoms with Gasteiger partial charge in [0.15, 0.2) is 0 Å². The fraction of sp³-hybridized carbons (Fsp3) is 0.111. The maximum Gasteiger partial charge on any atom is 0.230 e. The largest absolute Gasteiger partial charge is 0.299 e. The molecule has 0 saturated carbocycles. The normalized spacial score (nSPS) is 9.57. The quantitative estimate of drug-likeness (QED) is 0.773. The maximum atomic E-state index is 12.8. The number of amides is 2. The van der Waals surface area contributed by atoms with Crippen molar-refractivity contribution in [1.29, 1.82) is 0 Å². The summed E-state index contributed by atoms with van der Waals surface area (Å²) in [5.74, 6) is -1.01. The Morgan fingerprint density at radius 3 is 2.79 bits per heavy atom. The highest BCUT2D eigenvalue weighted by atomic mass is 35.5. The van der Waals surface area contributed by atoms with Gasteiger partial charge < -0.3 is 0 Å². The number of halogens is 2. The van der Waals surface area contributed by atoms with Crippen molar-refractivity contribution in [2.75, 3.05) is 0 Å². The van der Waals surface area contributed by atoms with Crippen LogP contribution in [0.3, 0.4) is 0 Å². The molecule has 1 aromatic carbocycles. The van der Waals surface area contributed by atoms with E-state index in [1.165, 1.54) is 12.1 Å². The standard InChI is InChI=1S/C9H7ClFNO2/c10-7-1-6(2-8(11)4-7)3-9(14)12-5-13/h1-2,4-5H,3H2,(H,12,13,14). The number of benzene rings is 1. The third kappa shape index (κ3) is 3.14. The van der Waals surface area contributed by atoms with Crippen LogP contribution >= 0.6 is 11.6 Å². The summed E-state index contributed by atoms with van der Waals surface area (Å²) in [7, 11) is 0. The Bertz CT molecular complexity index is 348. The van der Waals surface area contributed by atoms with Crippen LogP contribution < -0.4 is 5.32 Å². The van der Waals surface area contributed by atoms with Crippen LogP contribution in [0, 0.1) is 5.82 Å². The molecule has 0 bridgehead atoms. The molecule has 5 heteroatoms. The van der Waals surface area contributed by atoms with E-state index in [1.807, 2.05) is 5.32 Å². The SMILES string of the molecule is O=CNC(=O)Cc1cc(F)cc(Cl)c1. The van der Waals surface area contributed by atoms with E-state index in [-0.39, 0.29) is 17.9 Å². The maximum absolute atomic E-state index is 12.8. The van der Waals surface area contributed by atoms with E-state index in [4.69, 9.17) is 11.6 Å². The van der Waals surface area contributed by atoms with Crippen LogP contribution in [0.4, 0.5) is 4.39 Å². The van der Waals surface area contributed by atoms with Gasteiger partial charge in [0, 0.05) is 5.02 Å².